The van der Waals surface area contributed by atoms with Gasteiger partial charge < -0.3 is 14.6 Å². The number of hydrogen-bond donors (Lipinski definition) is 1. The average molecular weight is 1280 g/mol. The molecule has 8 rings (SSSR count). The number of ether oxygens (including phenoxy) is 2. The molecule has 77 heavy (non-hydrogen) atoms. The summed E-state index contributed by atoms with van der Waals surface area (Å²) in [4.78, 5) is 78.6. The van der Waals surface area contributed by atoms with E-state index in [9.17, 15) is 38.7 Å². The summed E-state index contributed by atoms with van der Waals surface area (Å²) in [7, 11) is 0. The van der Waals surface area contributed by atoms with Crippen LogP contribution in [0, 0.1) is 105 Å². The summed E-state index contributed by atoms with van der Waals surface area (Å²) in [6, 6.07) is 0. The SMILES string of the molecule is C.C=C[C@@H](C)[C@H]1CCC2C3C[C@H](OC(C)=O)[C@@H]4C[C@H](C)CC[C@]4(C)C3CC[C@@]21C.CC(=O)O[C@H]1CC2C3CC[C@H]([C@H](C)CCC(=O)O)[C@@]3(C)CCC2[C@@]2(C)CC[C@@H](C)C[C@@H]12.CC(=O)[O][Pb]([O]C(C)=O)([O]C(C)=O)[O]C(C)=O. The van der Waals surface area contributed by atoms with Crippen molar-refractivity contribution in [3.63, 3.8) is 0 Å². The molecule has 0 spiro atoms. The van der Waals surface area contributed by atoms with E-state index in [-0.39, 0.29) is 38.0 Å². The number of esters is 2. The average Bonchev–Trinajstić information content (AvgIpc) is 3.85. The molecule has 6 unspecified atom stereocenters. The summed E-state index contributed by atoms with van der Waals surface area (Å²) < 4.78 is 30.6. The van der Waals surface area contributed by atoms with E-state index < -0.39 is 52.8 Å². The quantitative estimate of drug-likeness (QED) is 0.110. The van der Waals surface area contributed by atoms with Crippen molar-refractivity contribution in [1.29, 1.82) is 0 Å². The Bertz CT molecular complexity index is 2080. The van der Waals surface area contributed by atoms with Crippen LogP contribution in [-0.2, 0) is 53.8 Å². The van der Waals surface area contributed by atoms with Crippen molar-refractivity contribution in [2.45, 2.75) is 232 Å². The van der Waals surface area contributed by atoms with E-state index in [0.717, 1.165) is 88.4 Å². The second-order valence-corrected chi connectivity index (χ2v) is 33.9. The van der Waals surface area contributed by atoms with Gasteiger partial charge in [-0.2, -0.15) is 0 Å². The van der Waals surface area contributed by atoms with Gasteiger partial charge in [-0.05, 0) is 189 Å². The first kappa shape index (κ1) is 64.8. The number of carbonyl (C=O) groups excluding carboxylic acids is 6. The van der Waals surface area contributed by atoms with Crippen LogP contribution in [0.4, 0.5) is 0 Å². The first-order valence-electron chi connectivity index (χ1n) is 29.4. The molecule has 0 aromatic rings. The van der Waals surface area contributed by atoms with Gasteiger partial charge in [0.05, 0.1) is 0 Å². The Labute approximate surface area is 470 Å². The van der Waals surface area contributed by atoms with E-state index in [0.29, 0.717) is 63.1 Å². The minimum atomic E-state index is -5.43. The summed E-state index contributed by atoms with van der Waals surface area (Å²) in [5, 5.41) is 9.17. The third kappa shape index (κ3) is 14.0. The summed E-state index contributed by atoms with van der Waals surface area (Å²) in [5.41, 5.74) is 1.41. The fourth-order valence-corrected chi connectivity index (χ4v) is 25.5. The molecule has 0 aromatic heterocycles. The number of hydrogen-bond acceptors (Lipinski definition) is 13. The van der Waals surface area contributed by atoms with Gasteiger partial charge in [-0.25, -0.2) is 0 Å². The van der Waals surface area contributed by atoms with Gasteiger partial charge in [-0.1, -0.05) is 81.7 Å². The molecule has 8 aliphatic carbocycles. The molecule has 0 aliphatic heterocycles. The van der Waals surface area contributed by atoms with Crippen LogP contribution in [0.3, 0.4) is 0 Å². The molecule has 8 saturated carbocycles. The van der Waals surface area contributed by atoms with Crippen LogP contribution in [0.1, 0.15) is 220 Å². The zero-order chi connectivity index (χ0) is 56.5. The zero-order valence-electron chi connectivity index (χ0n) is 49.0. The standard InChI is InChI=1S/C27H44O4.C26H42O2.4C2H4O2.CH4.Pb/c1-16-10-12-27(5)22-11-13-26(4)20(17(2)6-9-25(29)30)7-8-21(26)19(22)15-24(23(27)14-16)31-18(3)28;1-7-17(3)20-8-9-21-19-15-24(28-18(4)27)23-14-16(2)10-12-26(23,6)22(19)11-13-25(20,21)5;4*1-2(3)4;;/h16-17,19-24H,6-15H2,1-5H3,(H,29,30);7,16-17,19-24H,1,8-15H2,2-6H3;4*1H3,(H,3,4);1H4;/q;;;;;;;+4/p-4/t16-,17-,19?,20-,21?,22?,23+,24+,26-,27-;16-,17-,19?,20-,21?,22?,23+,24+,25-,26-;;;;;;/m11....../s1. The summed E-state index contributed by atoms with van der Waals surface area (Å²) in [6.07, 6.45) is 23.9. The number of aliphatic carboxylic acids is 1. The van der Waals surface area contributed by atoms with Crippen molar-refractivity contribution in [3.8, 4) is 0 Å². The van der Waals surface area contributed by atoms with E-state index in [1.807, 2.05) is 0 Å². The van der Waals surface area contributed by atoms with Gasteiger partial charge in [-0.3, -0.25) is 14.4 Å². The van der Waals surface area contributed by atoms with E-state index >= 15 is 0 Å². The second-order valence-electron chi connectivity index (χ2n) is 26.8. The second kappa shape index (κ2) is 25.8. The van der Waals surface area contributed by atoms with Crippen molar-refractivity contribution < 1.29 is 58.9 Å². The van der Waals surface area contributed by atoms with Gasteiger partial charge in [0, 0.05) is 32.1 Å². The topological polar surface area (TPSA) is 195 Å². The number of carboxylic acids is 1. The fraction of sp³-hybridized carbons (Fsp3) is 0.855. The first-order chi connectivity index (χ1) is 35.4. The predicted octanol–water partition coefficient (Wildman–Crippen LogP) is 13.3. The molecule has 0 amide bonds. The molecule has 438 valence electrons. The van der Waals surface area contributed by atoms with E-state index in [2.05, 4.69) is 78.8 Å². The third-order valence-electron chi connectivity index (χ3n) is 22.2. The molecule has 0 saturated heterocycles. The Morgan fingerprint density at radius 3 is 1.22 bits per heavy atom. The zero-order valence-corrected chi connectivity index (χ0v) is 52.9. The summed E-state index contributed by atoms with van der Waals surface area (Å²) in [5.74, 6) is 5.13. The summed E-state index contributed by atoms with van der Waals surface area (Å²) in [6.45, 7) is 31.0. The van der Waals surface area contributed by atoms with Crippen LogP contribution in [0.15, 0.2) is 12.7 Å². The van der Waals surface area contributed by atoms with Crippen LogP contribution in [-0.4, -0.2) is 82.1 Å². The Balaban J connectivity index is 0.000000221. The van der Waals surface area contributed by atoms with Gasteiger partial charge in [0.1, 0.15) is 12.2 Å². The Morgan fingerprint density at radius 2 is 0.870 bits per heavy atom. The van der Waals surface area contributed by atoms with E-state index in [1.165, 1.54) is 89.9 Å². The van der Waals surface area contributed by atoms with E-state index in [1.54, 1.807) is 13.8 Å². The molecule has 8 fully saturated rings. The Hall–Kier alpha value is -3.05. The molecule has 0 radical (unpaired) electrons. The first-order valence-corrected chi connectivity index (χ1v) is 35.7. The molecule has 20 atom stereocenters. The molecular weight excluding hydrogens is 1180 g/mol. The van der Waals surface area contributed by atoms with Gasteiger partial charge in [0.15, 0.2) is 0 Å². The van der Waals surface area contributed by atoms with Crippen molar-refractivity contribution in [2.24, 2.45) is 105 Å². The predicted molar refractivity (Wildman–Crippen MR) is 296 cm³/mol. The number of carboxylic acid groups (broad SMARTS) is 1. The minimum absolute atomic E-state index is 0. The van der Waals surface area contributed by atoms with Crippen molar-refractivity contribution >= 4 is 64.8 Å². The fourth-order valence-electron chi connectivity index (χ4n) is 19.0. The van der Waals surface area contributed by atoms with Gasteiger partial charge >= 0.3 is 122 Å². The number of allylic oxidation sites excluding steroid dienone is 1. The molecule has 15 heteroatoms. The molecule has 8 aliphatic rings. The van der Waals surface area contributed by atoms with Crippen molar-refractivity contribution in [2.75, 3.05) is 0 Å². The molecule has 14 nitrogen and oxygen atoms in total. The van der Waals surface area contributed by atoms with Crippen molar-refractivity contribution in [1.82, 2.24) is 0 Å². The Morgan fingerprint density at radius 1 is 0.519 bits per heavy atom. The van der Waals surface area contributed by atoms with Crippen LogP contribution in [0.25, 0.3) is 0 Å². The van der Waals surface area contributed by atoms with Crippen LogP contribution in [0.2, 0.25) is 0 Å². The molecule has 0 bridgehead atoms. The number of rotatable bonds is 12. The normalized spacial score (nSPS) is 40.1. The third-order valence-corrected chi connectivity index (χ3v) is 30.6. The van der Waals surface area contributed by atoms with Gasteiger partial charge in [0.25, 0.3) is 0 Å². The van der Waals surface area contributed by atoms with Gasteiger partial charge in [-0.15, -0.1) is 6.58 Å². The Kier molecular flexibility index (Phi) is 21.7. The molecular formula is C62H102O14Pb. The van der Waals surface area contributed by atoms with Gasteiger partial charge in [0.2, 0.25) is 0 Å². The monoisotopic (exact) mass is 1280 g/mol. The number of carbonyl (C=O) groups is 7. The number of fused-ring (bicyclic) bond motifs is 10. The van der Waals surface area contributed by atoms with Crippen LogP contribution < -0.4 is 0 Å². The molecule has 0 heterocycles. The molecule has 0 aromatic carbocycles. The maximum atomic E-state index is 12.0. The molecule has 1 N–H and O–H groups in total. The van der Waals surface area contributed by atoms with Crippen molar-refractivity contribution in [3.05, 3.63) is 12.7 Å². The summed E-state index contributed by atoms with van der Waals surface area (Å²) >= 11 is -5.43. The maximum absolute atomic E-state index is 12.0. The van der Waals surface area contributed by atoms with Crippen LogP contribution >= 0.6 is 0 Å². The van der Waals surface area contributed by atoms with E-state index in [4.69, 9.17) is 9.47 Å². The van der Waals surface area contributed by atoms with Crippen LogP contribution in [0.5, 0.6) is 0 Å².